The van der Waals surface area contributed by atoms with Crippen molar-refractivity contribution in [1.29, 1.82) is 0 Å². The van der Waals surface area contributed by atoms with Crippen LogP contribution in [0.2, 0.25) is 5.28 Å². The van der Waals surface area contributed by atoms with E-state index in [4.69, 9.17) is 16.3 Å². The van der Waals surface area contributed by atoms with Crippen LogP contribution in [0.1, 0.15) is 12.0 Å². The van der Waals surface area contributed by atoms with E-state index < -0.39 is 5.82 Å². The van der Waals surface area contributed by atoms with Gasteiger partial charge in [0.25, 0.3) is 5.88 Å². The van der Waals surface area contributed by atoms with Gasteiger partial charge in [-0.2, -0.15) is 9.37 Å². The molecule has 0 fully saturated rings. The summed E-state index contributed by atoms with van der Waals surface area (Å²) >= 11 is 5.56. The predicted molar refractivity (Wildman–Crippen MR) is 67.3 cm³/mol. The van der Waals surface area contributed by atoms with Crippen LogP contribution in [-0.4, -0.2) is 16.6 Å². The number of aryl methyl sites for hydroxylation is 1. The highest BCUT2D eigenvalue weighted by molar-refractivity contribution is 6.28. The Bertz CT molecular complexity index is 508. The van der Waals surface area contributed by atoms with Crippen LogP contribution in [0.4, 0.5) is 4.39 Å². The zero-order valence-corrected chi connectivity index (χ0v) is 10.4. The normalized spacial score (nSPS) is 10.3. The average Bonchev–Trinajstić information content (AvgIpc) is 2.40. The number of halogens is 2. The highest BCUT2D eigenvalue weighted by Crippen LogP contribution is 2.15. The summed E-state index contributed by atoms with van der Waals surface area (Å²) in [5.74, 6) is -0.692. The number of nitrogens with zero attached hydrogens (tertiary/aromatic N) is 2. The molecule has 1 aromatic carbocycles. The van der Waals surface area contributed by atoms with Crippen molar-refractivity contribution in [2.75, 3.05) is 6.61 Å². The summed E-state index contributed by atoms with van der Waals surface area (Å²) in [6, 6.07) is 10.0. The molecule has 2 aromatic rings. The first-order valence-corrected chi connectivity index (χ1v) is 5.98. The lowest BCUT2D eigenvalue weighted by molar-refractivity contribution is 0.282. The van der Waals surface area contributed by atoms with E-state index in [1.54, 1.807) is 0 Å². The third-order valence-electron chi connectivity index (χ3n) is 2.37. The molecule has 0 aliphatic carbocycles. The molecular weight excluding hydrogens is 255 g/mol. The quantitative estimate of drug-likeness (QED) is 0.615. The fraction of sp³-hybridized carbons (Fsp3) is 0.231. The van der Waals surface area contributed by atoms with Crippen LogP contribution in [0.5, 0.6) is 5.88 Å². The van der Waals surface area contributed by atoms with Crippen molar-refractivity contribution < 1.29 is 9.13 Å². The molecule has 3 nitrogen and oxygen atoms in total. The van der Waals surface area contributed by atoms with Gasteiger partial charge < -0.3 is 4.74 Å². The van der Waals surface area contributed by atoms with Gasteiger partial charge in [-0.05, 0) is 30.0 Å². The number of hydrogen-bond acceptors (Lipinski definition) is 3. The van der Waals surface area contributed by atoms with Gasteiger partial charge in [-0.25, -0.2) is 4.98 Å². The molecule has 0 radical (unpaired) electrons. The van der Waals surface area contributed by atoms with Gasteiger partial charge in [-0.15, -0.1) is 0 Å². The molecule has 1 heterocycles. The van der Waals surface area contributed by atoms with Gasteiger partial charge in [0.2, 0.25) is 11.1 Å². The van der Waals surface area contributed by atoms with Crippen LogP contribution < -0.4 is 4.74 Å². The second-order valence-corrected chi connectivity index (χ2v) is 4.07. The van der Waals surface area contributed by atoms with Gasteiger partial charge in [0, 0.05) is 0 Å². The fourth-order valence-corrected chi connectivity index (χ4v) is 1.65. The lowest BCUT2D eigenvalue weighted by Gasteiger charge is -2.06. The number of aromatic nitrogens is 2. The number of hydrogen-bond donors (Lipinski definition) is 0. The van der Waals surface area contributed by atoms with Crippen LogP contribution >= 0.6 is 11.6 Å². The summed E-state index contributed by atoms with van der Waals surface area (Å²) < 4.78 is 18.4. The van der Waals surface area contributed by atoms with E-state index in [1.165, 1.54) is 5.56 Å². The van der Waals surface area contributed by atoms with Crippen LogP contribution in [-0.2, 0) is 6.42 Å². The minimum Gasteiger partial charge on any atom is -0.475 e. The molecule has 0 saturated carbocycles. The van der Waals surface area contributed by atoms with Crippen molar-refractivity contribution >= 4 is 11.6 Å². The van der Waals surface area contributed by atoms with E-state index in [2.05, 4.69) is 9.97 Å². The van der Waals surface area contributed by atoms with Gasteiger partial charge in [-0.3, -0.25) is 0 Å². The molecule has 0 amide bonds. The second kappa shape index (κ2) is 6.31. The van der Waals surface area contributed by atoms with Crippen molar-refractivity contribution in [2.45, 2.75) is 12.8 Å². The first kappa shape index (κ1) is 12.8. The number of ether oxygens (including phenoxy) is 1. The molecule has 2 rings (SSSR count). The Kier molecular flexibility index (Phi) is 4.47. The van der Waals surface area contributed by atoms with Gasteiger partial charge in [0.1, 0.15) is 0 Å². The van der Waals surface area contributed by atoms with E-state index in [-0.39, 0.29) is 11.2 Å². The van der Waals surface area contributed by atoms with E-state index in [9.17, 15) is 4.39 Å². The molecule has 1 aromatic heterocycles. The summed E-state index contributed by atoms with van der Waals surface area (Å²) in [6.45, 7) is 0.388. The fourth-order valence-electron chi connectivity index (χ4n) is 1.52. The van der Waals surface area contributed by atoms with Crippen LogP contribution in [0.3, 0.4) is 0 Å². The standard InChI is InChI=1S/C13H12ClFN2O/c14-13-16-9-11(15)12(17-13)18-8-4-7-10-5-2-1-3-6-10/h1-3,5-6,9H,4,7-8H2. The first-order chi connectivity index (χ1) is 8.75. The summed E-state index contributed by atoms with van der Waals surface area (Å²) in [5.41, 5.74) is 1.22. The Hall–Kier alpha value is -1.68. The highest BCUT2D eigenvalue weighted by Gasteiger charge is 2.06. The third-order valence-corrected chi connectivity index (χ3v) is 2.56. The van der Waals surface area contributed by atoms with Crippen molar-refractivity contribution in [3.63, 3.8) is 0 Å². The van der Waals surface area contributed by atoms with Crippen molar-refractivity contribution in [3.8, 4) is 5.88 Å². The van der Waals surface area contributed by atoms with Gasteiger partial charge in [-0.1, -0.05) is 30.3 Å². The van der Waals surface area contributed by atoms with Crippen molar-refractivity contribution in [1.82, 2.24) is 9.97 Å². The molecule has 0 N–H and O–H groups in total. The Morgan fingerprint density at radius 1 is 1.22 bits per heavy atom. The first-order valence-electron chi connectivity index (χ1n) is 5.60. The zero-order valence-electron chi connectivity index (χ0n) is 9.64. The Morgan fingerprint density at radius 2 is 2.00 bits per heavy atom. The second-order valence-electron chi connectivity index (χ2n) is 3.73. The van der Waals surface area contributed by atoms with Gasteiger partial charge in [0.15, 0.2) is 0 Å². The largest absolute Gasteiger partial charge is 0.475 e. The maximum Gasteiger partial charge on any atom is 0.254 e. The SMILES string of the molecule is Fc1cnc(Cl)nc1OCCCc1ccccc1. The molecule has 18 heavy (non-hydrogen) atoms. The van der Waals surface area contributed by atoms with E-state index >= 15 is 0 Å². The molecule has 0 bridgehead atoms. The molecule has 0 aliphatic heterocycles. The smallest absolute Gasteiger partial charge is 0.254 e. The molecule has 0 atom stereocenters. The lowest BCUT2D eigenvalue weighted by Crippen LogP contribution is -2.03. The Balaban J connectivity index is 1.80. The van der Waals surface area contributed by atoms with Crippen molar-refractivity contribution in [3.05, 3.63) is 53.2 Å². The number of rotatable bonds is 5. The van der Waals surface area contributed by atoms with Crippen LogP contribution in [0.25, 0.3) is 0 Å². The zero-order chi connectivity index (χ0) is 12.8. The summed E-state index contributed by atoms with van der Waals surface area (Å²) in [5, 5.41) is -0.0190. The molecule has 0 unspecified atom stereocenters. The van der Waals surface area contributed by atoms with Gasteiger partial charge in [0.05, 0.1) is 12.8 Å². The van der Waals surface area contributed by atoms with E-state index in [0.29, 0.717) is 6.61 Å². The molecule has 0 saturated heterocycles. The Morgan fingerprint density at radius 3 is 2.78 bits per heavy atom. The van der Waals surface area contributed by atoms with Gasteiger partial charge >= 0.3 is 0 Å². The highest BCUT2D eigenvalue weighted by atomic mass is 35.5. The maximum atomic E-state index is 13.2. The summed E-state index contributed by atoms with van der Waals surface area (Å²) in [4.78, 5) is 7.19. The maximum absolute atomic E-state index is 13.2. The monoisotopic (exact) mass is 266 g/mol. The predicted octanol–water partition coefficient (Wildman–Crippen LogP) is 3.28. The topological polar surface area (TPSA) is 35.0 Å². The van der Waals surface area contributed by atoms with Crippen LogP contribution in [0, 0.1) is 5.82 Å². The van der Waals surface area contributed by atoms with Crippen molar-refractivity contribution in [2.24, 2.45) is 0 Å². The summed E-state index contributed by atoms with van der Waals surface area (Å²) in [6.07, 6.45) is 2.66. The minimum absolute atomic E-state index is 0.0190. The molecule has 0 spiro atoms. The molecular formula is C13H12ClFN2O. The third kappa shape index (κ3) is 3.67. The summed E-state index contributed by atoms with van der Waals surface area (Å²) in [7, 11) is 0. The molecule has 94 valence electrons. The molecule has 5 heteroatoms. The molecule has 0 aliphatic rings. The minimum atomic E-state index is -0.598. The lowest BCUT2D eigenvalue weighted by atomic mass is 10.1. The van der Waals surface area contributed by atoms with E-state index in [0.717, 1.165) is 19.0 Å². The average molecular weight is 267 g/mol. The van der Waals surface area contributed by atoms with E-state index in [1.807, 2.05) is 30.3 Å². The van der Waals surface area contributed by atoms with Crippen LogP contribution in [0.15, 0.2) is 36.5 Å². The Labute approximate surface area is 110 Å². The number of benzene rings is 1.